The Hall–Kier alpha value is -0.720. The molecule has 0 bridgehead atoms. The molecule has 2 aliphatic rings. The van der Waals surface area contributed by atoms with E-state index in [1.54, 1.807) is 6.92 Å². The van der Waals surface area contributed by atoms with Gasteiger partial charge < -0.3 is 10.1 Å². The van der Waals surface area contributed by atoms with Crippen LogP contribution in [0.2, 0.25) is 0 Å². The van der Waals surface area contributed by atoms with E-state index in [9.17, 15) is 8.78 Å². The van der Waals surface area contributed by atoms with Crippen LogP contribution in [0.1, 0.15) is 25.0 Å². The zero-order chi connectivity index (χ0) is 15.6. The fraction of sp³-hybridized carbons (Fsp3) is 0.600. The van der Waals surface area contributed by atoms with Crippen molar-refractivity contribution in [1.82, 2.24) is 10.2 Å². The summed E-state index contributed by atoms with van der Waals surface area (Å²) < 4.78 is 34.2. The molecule has 1 atom stereocenters. The predicted molar refractivity (Wildman–Crippen MR) is 82.7 cm³/mol. The Balaban J connectivity index is 0.000000774. The molecule has 0 amide bonds. The first-order valence-corrected chi connectivity index (χ1v) is 8.12. The van der Waals surface area contributed by atoms with E-state index in [4.69, 9.17) is 4.74 Å². The van der Waals surface area contributed by atoms with E-state index < -0.39 is 5.82 Å². The van der Waals surface area contributed by atoms with Crippen LogP contribution >= 0.6 is 15.9 Å². The van der Waals surface area contributed by atoms with E-state index in [1.165, 1.54) is 0 Å². The molecule has 0 aromatic heterocycles. The first kappa shape index (κ1) is 16.6. The monoisotopic (exact) mass is 362 g/mol. The Bertz CT molecular complexity index is 525. The highest BCUT2D eigenvalue weighted by Crippen LogP contribution is 2.37. The number of benzene rings is 1. The van der Waals surface area contributed by atoms with Crippen molar-refractivity contribution in [1.29, 1.82) is 0 Å². The summed E-state index contributed by atoms with van der Waals surface area (Å²) in [6.07, 6.45) is 0. The molecule has 3 nitrogen and oxygen atoms in total. The third-order valence-corrected chi connectivity index (χ3v) is 4.79. The van der Waals surface area contributed by atoms with Crippen molar-refractivity contribution in [3.05, 3.63) is 27.2 Å². The molecule has 1 unspecified atom stereocenters. The number of rotatable bonds is 0. The van der Waals surface area contributed by atoms with Gasteiger partial charge in [-0.15, -0.1) is 0 Å². The Kier molecular flexibility index (Phi) is 5.57. The lowest BCUT2D eigenvalue weighted by Crippen LogP contribution is -2.52. The fourth-order valence-corrected chi connectivity index (χ4v) is 3.02. The number of hydrogen-bond acceptors (Lipinski definition) is 3. The van der Waals surface area contributed by atoms with E-state index in [0.717, 1.165) is 19.6 Å². The van der Waals surface area contributed by atoms with Gasteiger partial charge in [0.1, 0.15) is 12.4 Å². The minimum atomic E-state index is -0.498. The standard InChI is InChI=1S/C13H15BrF2N2O.C2H6/c1-7-10(14)12(16)13-9(11(7)15)5-18-3-2-17-4-8(18)6-19-13;1-2/h8,17H,2-6H2,1H3;1-2H3. The number of ether oxygens (including phenoxy) is 1. The second kappa shape index (κ2) is 7.03. The number of halogens is 3. The van der Waals surface area contributed by atoms with E-state index in [1.807, 2.05) is 13.8 Å². The van der Waals surface area contributed by atoms with Gasteiger partial charge in [0.05, 0.1) is 10.5 Å². The molecule has 1 aromatic rings. The van der Waals surface area contributed by atoms with E-state index in [-0.39, 0.29) is 22.1 Å². The van der Waals surface area contributed by atoms with Gasteiger partial charge in [0, 0.05) is 37.3 Å². The second-order valence-corrected chi connectivity index (χ2v) is 5.81. The van der Waals surface area contributed by atoms with Crippen LogP contribution in [0, 0.1) is 18.6 Å². The van der Waals surface area contributed by atoms with E-state index in [2.05, 4.69) is 26.1 Å². The van der Waals surface area contributed by atoms with Crippen molar-refractivity contribution in [3.8, 4) is 5.75 Å². The number of fused-ring (bicyclic) bond motifs is 2. The lowest BCUT2D eigenvalue weighted by molar-refractivity contribution is 0.118. The molecule has 1 saturated heterocycles. The first-order valence-electron chi connectivity index (χ1n) is 7.33. The van der Waals surface area contributed by atoms with Gasteiger partial charge in [-0.05, 0) is 22.9 Å². The minimum Gasteiger partial charge on any atom is -0.488 e. The molecule has 118 valence electrons. The normalized spacial score (nSPS) is 21.3. The average Bonchev–Trinajstić information content (AvgIpc) is 2.72. The average molecular weight is 363 g/mol. The summed E-state index contributed by atoms with van der Waals surface area (Å²) >= 11 is 3.09. The van der Waals surface area contributed by atoms with Crippen LogP contribution in [0.15, 0.2) is 4.47 Å². The Morgan fingerprint density at radius 2 is 2.00 bits per heavy atom. The topological polar surface area (TPSA) is 24.5 Å². The highest BCUT2D eigenvalue weighted by molar-refractivity contribution is 9.10. The van der Waals surface area contributed by atoms with Crippen molar-refractivity contribution in [2.24, 2.45) is 0 Å². The van der Waals surface area contributed by atoms with Crippen LogP contribution in [0.4, 0.5) is 8.78 Å². The molecule has 2 heterocycles. The van der Waals surface area contributed by atoms with Crippen LogP contribution < -0.4 is 10.1 Å². The zero-order valence-corrected chi connectivity index (χ0v) is 14.2. The molecule has 1 N–H and O–H groups in total. The van der Waals surface area contributed by atoms with Crippen LogP contribution in [-0.4, -0.2) is 37.2 Å². The van der Waals surface area contributed by atoms with Gasteiger partial charge in [-0.1, -0.05) is 13.8 Å². The molecule has 3 rings (SSSR count). The maximum Gasteiger partial charge on any atom is 0.180 e. The molecule has 21 heavy (non-hydrogen) atoms. The van der Waals surface area contributed by atoms with E-state index >= 15 is 0 Å². The molecular formula is C15H21BrF2N2O. The molecular weight excluding hydrogens is 342 g/mol. The van der Waals surface area contributed by atoms with Crippen molar-refractivity contribution >= 4 is 15.9 Å². The van der Waals surface area contributed by atoms with Gasteiger partial charge in [-0.3, -0.25) is 4.90 Å². The molecule has 2 aliphatic heterocycles. The van der Waals surface area contributed by atoms with Gasteiger partial charge in [-0.2, -0.15) is 0 Å². The van der Waals surface area contributed by atoms with Crippen molar-refractivity contribution in [3.63, 3.8) is 0 Å². The number of nitrogens with zero attached hydrogens (tertiary/aromatic N) is 1. The Morgan fingerprint density at radius 3 is 2.71 bits per heavy atom. The maximum absolute atomic E-state index is 14.3. The van der Waals surface area contributed by atoms with Crippen LogP contribution in [0.25, 0.3) is 0 Å². The third kappa shape index (κ3) is 3.07. The molecule has 1 aromatic carbocycles. The molecule has 0 spiro atoms. The number of nitrogens with one attached hydrogen (secondary N) is 1. The van der Waals surface area contributed by atoms with Gasteiger partial charge in [-0.25, -0.2) is 8.78 Å². The summed E-state index contributed by atoms with van der Waals surface area (Å²) in [5.74, 6) is -0.812. The summed E-state index contributed by atoms with van der Waals surface area (Å²) in [5.41, 5.74) is 0.635. The highest BCUT2D eigenvalue weighted by Gasteiger charge is 2.32. The van der Waals surface area contributed by atoms with Crippen molar-refractivity contribution in [2.75, 3.05) is 26.2 Å². The highest BCUT2D eigenvalue weighted by atomic mass is 79.9. The van der Waals surface area contributed by atoms with Crippen LogP contribution in [0.5, 0.6) is 5.75 Å². The van der Waals surface area contributed by atoms with Gasteiger partial charge >= 0.3 is 0 Å². The second-order valence-electron chi connectivity index (χ2n) is 5.01. The van der Waals surface area contributed by atoms with Crippen molar-refractivity contribution in [2.45, 2.75) is 33.4 Å². The van der Waals surface area contributed by atoms with Crippen molar-refractivity contribution < 1.29 is 13.5 Å². The van der Waals surface area contributed by atoms with Gasteiger partial charge in [0.25, 0.3) is 0 Å². The zero-order valence-electron chi connectivity index (χ0n) is 12.6. The van der Waals surface area contributed by atoms with E-state index in [0.29, 0.717) is 24.3 Å². The molecule has 0 radical (unpaired) electrons. The first-order chi connectivity index (χ1) is 10.1. The molecule has 1 fully saturated rings. The summed E-state index contributed by atoms with van der Waals surface area (Å²) in [6, 6.07) is 0.166. The summed E-state index contributed by atoms with van der Waals surface area (Å²) in [5, 5.41) is 3.27. The lowest BCUT2D eigenvalue weighted by Gasteiger charge is -2.33. The molecule has 6 heteroatoms. The predicted octanol–water partition coefficient (Wildman–Crippen LogP) is 3.23. The van der Waals surface area contributed by atoms with Gasteiger partial charge in [0.15, 0.2) is 11.6 Å². The quantitative estimate of drug-likeness (QED) is 0.717. The molecule has 0 saturated carbocycles. The van der Waals surface area contributed by atoms with Gasteiger partial charge in [0.2, 0.25) is 0 Å². The number of piperazine rings is 1. The maximum atomic E-state index is 14.3. The molecule has 0 aliphatic carbocycles. The van der Waals surface area contributed by atoms with Crippen LogP contribution in [-0.2, 0) is 6.54 Å². The fourth-order valence-electron chi connectivity index (χ4n) is 2.67. The third-order valence-electron chi connectivity index (χ3n) is 3.84. The largest absolute Gasteiger partial charge is 0.488 e. The number of hydrogen-bond donors (Lipinski definition) is 1. The Labute approximate surface area is 132 Å². The lowest BCUT2D eigenvalue weighted by atomic mass is 10.1. The van der Waals surface area contributed by atoms with Crippen LogP contribution in [0.3, 0.4) is 0 Å². The summed E-state index contributed by atoms with van der Waals surface area (Å²) in [4.78, 5) is 2.15. The summed E-state index contributed by atoms with van der Waals surface area (Å²) in [7, 11) is 0. The smallest absolute Gasteiger partial charge is 0.180 e. The summed E-state index contributed by atoms with van der Waals surface area (Å²) in [6.45, 7) is 8.83. The Morgan fingerprint density at radius 1 is 1.29 bits per heavy atom. The SMILES string of the molecule is CC.Cc1c(F)c2c(c(F)c1Br)OCC1CNCCN1C2. The minimum absolute atomic E-state index is 0.0596.